The maximum Gasteiger partial charge on any atom is 0.262 e. The zero-order chi connectivity index (χ0) is 26.9. The van der Waals surface area contributed by atoms with Gasteiger partial charge in [-0.1, -0.05) is 54.7 Å². The Bertz CT molecular complexity index is 1280. The molecule has 3 aromatic carbocycles. The topological polar surface area (TPSA) is 79.8 Å². The van der Waals surface area contributed by atoms with Crippen LogP contribution >= 0.6 is 50.7 Å². The normalized spacial score (nSPS) is 12.0. The molecule has 0 saturated carbocycles. The quantitative estimate of drug-likeness (QED) is 0.184. The van der Waals surface area contributed by atoms with Crippen LogP contribution in [0.15, 0.2) is 70.2 Å². The van der Waals surface area contributed by atoms with Gasteiger partial charge in [-0.3, -0.25) is 9.59 Å². The fourth-order valence-corrected chi connectivity index (χ4v) is 4.26. The van der Waals surface area contributed by atoms with E-state index in [0.717, 1.165) is 15.6 Å². The molecule has 0 radical (unpaired) electrons. The molecule has 194 valence electrons. The number of ether oxygens (including phenoxy) is 1. The molecule has 3 rings (SSSR count). The molecule has 0 aliphatic heterocycles. The Balaban J connectivity index is 1.58. The highest BCUT2D eigenvalue weighted by Gasteiger charge is 2.22. The van der Waals surface area contributed by atoms with Crippen LogP contribution in [0, 0.1) is 5.92 Å². The third-order valence-corrected chi connectivity index (χ3v) is 6.77. The summed E-state index contributed by atoms with van der Waals surface area (Å²) in [4.78, 5) is 25.4. The Morgan fingerprint density at radius 2 is 1.73 bits per heavy atom. The maximum absolute atomic E-state index is 12.8. The average Bonchev–Trinajstić information content (AvgIpc) is 2.85. The van der Waals surface area contributed by atoms with Crippen molar-refractivity contribution in [1.82, 2.24) is 10.7 Å². The molecule has 0 aromatic heterocycles. The lowest BCUT2D eigenvalue weighted by atomic mass is 10.0. The van der Waals surface area contributed by atoms with Gasteiger partial charge in [0.1, 0.15) is 18.4 Å². The van der Waals surface area contributed by atoms with Crippen molar-refractivity contribution in [1.29, 1.82) is 0 Å². The standard InChI is InChI=1S/C27H25BrCl3N3O3/c1-16(2)11-24(33-26(35)19-5-7-20(29)8-6-19)27(36)34-32-14-17-4-10-25(21(28)12-17)37-15-18-3-9-22(30)23(31)13-18/h3-10,12-14,16,24H,11,15H2,1-2H3,(H,33,35)(H,34,36). The van der Waals surface area contributed by atoms with Gasteiger partial charge >= 0.3 is 0 Å². The summed E-state index contributed by atoms with van der Waals surface area (Å²) in [6.45, 7) is 4.26. The zero-order valence-electron chi connectivity index (χ0n) is 20.1. The molecule has 2 amide bonds. The second-order valence-electron chi connectivity index (χ2n) is 8.62. The highest BCUT2D eigenvalue weighted by Crippen LogP contribution is 2.28. The van der Waals surface area contributed by atoms with E-state index in [1.165, 1.54) is 6.21 Å². The van der Waals surface area contributed by atoms with Crippen LogP contribution in [0.25, 0.3) is 0 Å². The molecule has 10 heteroatoms. The minimum atomic E-state index is -0.746. The van der Waals surface area contributed by atoms with Gasteiger partial charge in [-0.05, 0) is 94.0 Å². The van der Waals surface area contributed by atoms with Gasteiger partial charge in [-0.25, -0.2) is 5.43 Å². The molecule has 0 heterocycles. The number of hydrazone groups is 1. The molecule has 0 spiro atoms. The predicted molar refractivity (Wildman–Crippen MR) is 153 cm³/mol. The van der Waals surface area contributed by atoms with Crippen molar-refractivity contribution in [3.63, 3.8) is 0 Å². The van der Waals surface area contributed by atoms with Crippen LogP contribution < -0.4 is 15.5 Å². The number of hydrogen-bond acceptors (Lipinski definition) is 4. The van der Waals surface area contributed by atoms with Crippen LogP contribution in [0.1, 0.15) is 41.8 Å². The molecule has 1 atom stereocenters. The Hall–Kier alpha value is -2.58. The predicted octanol–water partition coefficient (Wildman–Crippen LogP) is 7.28. The summed E-state index contributed by atoms with van der Waals surface area (Å²) in [5.74, 6) is 0.0431. The van der Waals surface area contributed by atoms with E-state index in [1.54, 1.807) is 48.5 Å². The van der Waals surface area contributed by atoms with Crippen LogP contribution in [0.2, 0.25) is 15.1 Å². The zero-order valence-corrected chi connectivity index (χ0v) is 24.0. The number of carbonyl (C=O) groups excluding carboxylic acids is 2. The Labute approximate surface area is 239 Å². The van der Waals surface area contributed by atoms with Gasteiger partial charge in [0.2, 0.25) is 0 Å². The van der Waals surface area contributed by atoms with Gasteiger partial charge in [0.15, 0.2) is 0 Å². The molecule has 0 aliphatic carbocycles. The number of hydrogen-bond donors (Lipinski definition) is 2. The van der Waals surface area contributed by atoms with Crippen molar-refractivity contribution in [2.75, 3.05) is 0 Å². The molecular weight excluding hydrogens is 601 g/mol. The summed E-state index contributed by atoms with van der Waals surface area (Å²) in [6, 6.07) is 16.4. The number of rotatable bonds is 10. The smallest absolute Gasteiger partial charge is 0.262 e. The van der Waals surface area contributed by atoms with Crippen molar-refractivity contribution in [3.05, 3.63) is 96.9 Å². The lowest BCUT2D eigenvalue weighted by Crippen LogP contribution is -2.46. The van der Waals surface area contributed by atoms with Crippen LogP contribution in [-0.2, 0) is 11.4 Å². The van der Waals surface area contributed by atoms with Crippen molar-refractivity contribution >= 4 is 68.8 Å². The van der Waals surface area contributed by atoms with E-state index in [0.29, 0.717) is 39.4 Å². The number of nitrogens with one attached hydrogen (secondary N) is 2. The van der Waals surface area contributed by atoms with Crippen LogP contribution in [0.3, 0.4) is 0 Å². The first kappa shape index (κ1) is 29.0. The van der Waals surface area contributed by atoms with E-state index >= 15 is 0 Å². The number of halogens is 4. The second-order valence-corrected chi connectivity index (χ2v) is 10.7. The highest BCUT2D eigenvalue weighted by molar-refractivity contribution is 9.10. The Morgan fingerprint density at radius 3 is 2.38 bits per heavy atom. The molecule has 0 fully saturated rings. The lowest BCUT2D eigenvalue weighted by molar-refractivity contribution is -0.123. The van der Waals surface area contributed by atoms with Gasteiger partial charge in [0.05, 0.1) is 20.7 Å². The van der Waals surface area contributed by atoms with Crippen LogP contribution in [0.5, 0.6) is 5.75 Å². The molecule has 6 nitrogen and oxygen atoms in total. The first-order valence-electron chi connectivity index (χ1n) is 11.4. The summed E-state index contributed by atoms with van der Waals surface area (Å²) in [6.07, 6.45) is 1.97. The fourth-order valence-electron chi connectivity index (χ4n) is 3.30. The summed E-state index contributed by atoms with van der Waals surface area (Å²) in [5, 5.41) is 8.32. The fraction of sp³-hybridized carbons (Fsp3) is 0.222. The summed E-state index contributed by atoms with van der Waals surface area (Å²) >= 11 is 21.4. The average molecular weight is 626 g/mol. The molecular formula is C27H25BrCl3N3O3. The molecule has 0 aliphatic rings. The van der Waals surface area contributed by atoms with Gasteiger partial charge in [0, 0.05) is 10.6 Å². The summed E-state index contributed by atoms with van der Waals surface area (Å²) in [7, 11) is 0. The van der Waals surface area contributed by atoms with Crippen LogP contribution in [0.4, 0.5) is 0 Å². The molecule has 3 aromatic rings. The number of carbonyl (C=O) groups is 2. The number of nitrogens with zero attached hydrogens (tertiary/aromatic N) is 1. The minimum absolute atomic E-state index is 0.178. The van der Waals surface area contributed by atoms with Gasteiger partial charge in [0.25, 0.3) is 11.8 Å². The van der Waals surface area contributed by atoms with Gasteiger partial charge in [-0.2, -0.15) is 5.10 Å². The number of amides is 2. The SMILES string of the molecule is CC(C)CC(NC(=O)c1ccc(Cl)cc1)C(=O)NN=Cc1ccc(OCc2ccc(Cl)c(Cl)c2)c(Br)c1. The van der Waals surface area contributed by atoms with Crippen molar-refractivity contribution in [2.45, 2.75) is 32.9 Å². The maximum atomic E-state index is 12.8. The van der Waals surface area contributed by atoms with E-state index in [9.17, 15) is 9.59 Å². The second kappa shape index (κ2) is 13.8. The molecule has 0 bridgehead atoms. The first-order valence-corrected chi connectivity index (χ1v) is 13.3. The van der Waals surface area contributed by atoms with E-state index in [4.69, 9.17) is 39.5 Å². The van der Waals surface area contributed by atoms with E-state index < -0.39 is 11.9 Å². The molecule has 37 heavy (non-hydrogen) atoms. The van der Waals surface area contributed by atoms with Crippen molar-refractivity contribution < 1.29 is 14.3 Å². The summed E-state index contributed by atoms with van der Waals surface area (Å²) in [5.41, 5.74) is 4.55. The third-order valence-electron chi connectivity index (χ3n) is 5.16. The molecule has 0 saturated heterocycles. The first-order chi connectivity index (χ1) is 17.6. The molecule has 1 unspecified atom stereocenters. The van der Waals surface area contributed by atoms with E-state index in [2.05, 4.69) is 31.8 Å². The third kappa shape index (κ3) is 9.04. The van der Waals surface area contributed by atoms with E-state index in [1.807, 2.05) is 26.0 Å². The monoisotopic (exact) mass is 623 g/mol. The van der Waals surface area contributed by atoms with Crippen molar-refractivity contribution in [2.24, 2.45) is 11.0 Å². The lowest BCUT2D eigenvalue weighted by Gasteiger charge is -2.19. The van der Waals surface area contributed by atoms with Gasteiger partial charge < -0.3 is 10.1 Å². The Kier molecular flexibility index (Phi) is 10.8. The largest absolute Gasteiger partial charge is 0.488 e. The van der Waals surface area contributed by atoms with Crippen LogP contribution in [-0.4, -0.2) is 24.1 Å². The minimum Gasteiger partial charge on any atom is -0.488 e. The van der Waals surface area contributed by atoms with Gasteiger partial charge in [-0.15, -0.1) is 0 Å². The van der Waals surface area contributed by atoms with E-state index in [-0.39, 0.29) is 11.8 Å². The Morgan fingerprint density at radius 1 is 1.00 bits per heavy atom. The highest BCUT2D eigenvalue weighted by atomic mass is 79.9. The summed E-state index contributed by atoms with van der Waals surface area (Å²) < 4.78 is 6.57. The number of benzene rings is 3. The molecule has 2 N–H and O–H groups in total. The van der Waals surface area contributed by atoms with Crippen molar-refractivity contribution in [3.8, 4) is 5.75 Å².